The van der Waals surface area contributed by atoms with Gasteiger partial charge in [0.15, 0.2) is 0 Å². The number of hydrogen-bond acceptors (Lipinski definition) is 3. The summed E-state index contributed by atoms with van der Waals surface area (Å²) in [6, 6.07) is 0. The standard InChI is InChI=1S/C8H17NO3/c1-6(2)11-4-5-12-7(3)8(9)10/h6-7H,4-5H2,1-3H3,(H2,9,10). The molecule has 0 aromatic carbocycles. The van der Waals surface area contributed by atoms with Gasteiger partial charge in [-0.2, -0.15) is 0 Å². The highest BCUT2D eigenvalue weighted by Crippen LogP contribution is 1.91. The first-order chi connectivity index (χ1) is 5.54. The summed E-state index contributed by atoms with van der Waals surface area (Å²) >= 11 is 0. The number of primary amides is 1. The van der Waals surface area contributed by atoms with Crippen LogP contribution in [0.2, 0.25) is 0 Å². The van der Waals surface area contributed by atoms with E-state index in [2.05, 4.69) is 0 Å². The fourth-order valence-electron chi connectivity index (χ4n) is 0.591. The highest BCUT2D eigenvalue weighted by atomic mass is 16.5. The molecule has 0 aliphatic heterocycles. The molecule has 4 heteroatoms. The van der Waals surface area contributed by atoms with E-state index in [9.17, 15) is 4.79 Å². The SMILES string of the molecule is CC(C)OCCOC(C)C(N)=O. The highest BCUT2D eigenvalue weighted by Gasteiger charge is 2.07. The average molecular weight is 175 g/mol. The molecule has 1 unspecified atom stereocenters. The quantitative estimate of drug-likeness (QED) is 0.591. The molecule has 1 amide bonds. The molecule has 0 aromatic heterocycles. The van der Waals surface area contributed by atoms with E-state index < -0.39 is 12.0 Å². The number of carbonyl (C=O) groups is 1. The molecular weight excluding hydrogens is 158 g/mol. The van der Waals surface area contributed by atoms with Gasteiger partial charge in [-0.1, -0.05) is 0 Å². The van der Waals surface area contributed by atoms with Crippen molar-refractivity contribution in [2.75, 3.05) is 13.2 Å². The summed E-state index contributed by atoms with van der Waals surface area (Å²) in [5.74, 6) is -0.445. The molecule has 0 heterocycles. The molecule has 0 fully saturated rings. The van der Waals surface area contributed by atoms with Crippen molar-refractivity contribution in [1.29, 1.82) is 0 Å². The Morgan fingerprint density at radius 2 is 1.75 bits per heavy atom. The number of ether oxygens (including phenoxy) is 2. The second-order valence-corrected chi connectivity index (χ2v) is 2.83. The number of carbonyl (C=O) groups excluding carboxylic acids is 1. The fourth-order valence-corrected chi connectivity index (χ4v) is 0.591. The number of amides is 1. The van der Waals surface area contributed by atoms with Gasteiger partial charge >= 0.3 is 0 Å². The van der Waals surface area contributed by atoms with Crippen molar-refractivity contribution >= 4 is 5.91 Å². The first-order valence-corrected chi connectivity index (χ1v) is 4.06. The Balaban J connectivity index is 3.25. The largest absolute Gasteiger partial charge is 0.376 e. The normalized spacial score (nSPS) is 13.3. The van der Waals surface area contributed by atoms with Gasteiger partial charge in [0.25, 0.3) is 0 Å². The maximum absolute atomic E-state index is 10.5. The van der Waals surface area contributed by atoms with Crippen molar-refractivity contribution in [3.05, 3.63) is 0 Å². The van der Waals surface area contributed by atoms with Crippen molar-refractivity contribution in [3.63, 3.8) is 0 Å². The van der Waals surface area contributed by atoms with Gasteiger partial charge < -0.3 is 15.2 Å². The van der Waals surface area contributed by atoms with Gasteiger partial charge in [0.2, 0.25) is 5.91 Å². The van der Waals surface area contributed by atoms with E-state index >= 15 is 0 Å². The van der Waals surface area contributed by atoms with Gasteiger partial charge in [0, 0.05) is 0 Å². The molecule has 0 saturated carbocycles. The molecule has 4 nitrogen and oxygen atoms in total. The smallest absolute Gasteiger partial charge is 0.246 e. The zero-order chi connectivity index (χ0) is 9.56. The van der Waals surface area contributed by atoms with Crippen LogP contribution in [0.3, 0.4) is 0 Å². The average Bonchev–Trinajstić information content (AvgIpc) is 1.97. The van der Waals surface area contributed by atoms with Crippen LogP contribution in [0.4, 0.5) is 0 Å². The molecule has 0 spiro atoms. The number of rotatable bonds is 6. The second kappa shape index (κ2) is 5.97. The molecule has 0 rings (SSSR count). The predicted molar refractivity (Wildman–Crippen MR) is 45.7 cm³/mol. The minimum atomic E-state index is -0.527. The van der Waals surface area contributed by atoms with Gasteiger partial charge in [0.05, 0.1) is 19.3 Å². The topological polar surface area (TPSA) is 61.6 Å². The summed E-state index contributed by atoms with van der Waals surface area (Å²) in [5, 5.41) is 0. The molecule has 72 valence electrons. The third-order valence-corrected chi connectivity index (χ3v) is 1.30. The lowest BCUT2D eigenvalue weighted by Crippen LogP contribution is -2.29. The molecule has 0 bridgehead atoms. The van der Waals surface area contributed by atoms with Crippen LogP contribution in [0.25, 0.3) is 0 Å². The van der Waals surface area contributed by atoms with Crippen LogP contribution >= 0.6 is 0 Å². The Kier molecular flexibility index (Phi) is 5.66. The minimum absolute atomic E-state index is 0.192. The Morgan fingerprint density at radius 3 is 2.17 bits per heavy atom. The monoisotopic (exact) mass is 175 g/mol. The van der Waals surface area contributed by atoms with E-state index in [1.165, 1.54) is 0 Å². The first-order valence-electron chi connectivity index (χ1n) is 4.06. The summed E-state index contributed by atoms with van der Waals surface area (Å²) in [6.45, 7) is 6.41. The van der Waals surface area contributed by atoms with E-state index in [0.29, 0.717) is 13.2 Å². The van der Waals surface area contributed by atoms with Crippen LogP contribution in [0.15, 0.2) is 0 Å². The molecule has 0 aliphatic carbocycles. The maximum atomic E-state index is 10.5. The molecule has 0 radical (unpaired) electrons. The fraction of sp³-hybridized carbons (Fsp3) is 0.875. The Morgan fingerprint density at radius 1 is 1.25 bits per heavy atom. The maximum Gasteiger partial charge on any atom is 0.246 e. The highest BCUT2D eigenvalue weighted by molar-refractivity contribution is 5.78. The van der Waals surface area contributed by atoms with Crippen LogP contribution in [0.1, 0.15) is 20.8 Å². The summed E-state index contributed by atoms with van der Waals surface area (Å²) in [4.78, 5) is 10.5. The first kappa shape index (κ1) is 11.4. The second-order valence-electron chi connectivity index (χ2n) is 2.83. The summed E-state index contributed by atoms with van der Waals surface area (Å²) in [6.07, 6.45) is -0.335. The van der Waals surface area contributed by atoms with E-state index in [1.807, 2.05) is 13.8 Å². The Hall–Kier alpha value is -0.610. The molecule has 1 atom stereocenters. The molecule has 0 saturated heterocycles. The summed E-state index contributed by atoms with van der Waals surface area (Å²) in [5.41, 5.74) is 4.97. The lowest BCUT2D eigenvalue weighted by molar-refractivity contribution is -0.129. The predicted octanol–water partition coefficient (Wildman–Crippen LogP) is 0.302. The van der Waals surface area contributed by atoms with Gasteiger partial charge in [-0.15, -0.1) is 0 Å². The van der Waals surface area contributed by atoms with Crippen LogP contribution in [-0.4, -0.2) is 31.3 Å². The van der Waals surface area contributed by atoms with Crippen LogP contribution in [0.5, 0.6) is 0 Å². The van der Waals surface area contributed by atoms with E-state index in [1.54, 1.807) is 6.92 Å². The zero-order valence-electron chi connectivity index (χ0n) is 7.87. The van der Waals surface area contributed by atoms with E-state index in [4.69, 9.17) is 15.2 Å². The molecule has 12 heavy (non-hydrogen) atoms. The van der Waals surface area contributed by atoms with E-state index in [-0.39, 0.29) is 6.10 Å². The summed E-state index contributed by atoms with van der Waals surface area (Å²) < 4.78 is 10.2. The van der Waals surface area contributed by atoms with Crippen molar-refractivity contribution in [1.82, 2.24) is 0 Å². The van der Waals surface area contributed by atoms with Gasteiger partial charge in [-0.05, 0) is 20.8 Å². The van der Waals surface area contributed by atoms with Crippen LogP contribution in [0, 0.1) is 0 Å². The molecule has 0 aromatic rings. The van der Waals surface area contributed by atoms with Gasteiger partial charge in [-0.25, -0.2) is 0 Å². The Labute approximate surface area is 73.0 Å². The number of nitrogens with two attached hydrogens (primary N) is 1. The van der Waals surface area contributed by atoms with Gasteiger partial charge in [-0.3, -0.25) is 4.79 Å². The Bertz CT molecular complexity index is 136. The third-order valence-electron chi connectivity index (χ3n) is 1.30. The van der Waals surface area contributed by atoms with E-state index in [0.717, 1.165) is 0 Å². The number of hydrogen-bond donors (Lipinski definition) is 1. The van der Waals surface area contributed by atoms with Crippen molar-refractivity contribution < 1.29 is 14.3 Å². The van der Waals surface area contributed by atoms with Crippen molar-refractivity contribution in [3.8, 4) is 0 Å². The molecule has 0 aliphatic rings. The summed E-state index contributed by atoms with van der Waals surface area (Å²) in [7, 11) is 0. The zero-order valence-corrected chi connectivity index (χ0v) is 7.87. The van der Waals surface area contributed by atoms with Gasteiger partial charge in [0.1, 0.15) is 6.10 Å². The van der Waals surface area contributed by atoms with Crippen LogP contribution in [-0.2, 0) is 14.3 Å². The lowest BCUT2D eigenvalue weighted by Gasteiger charge is -2.10. The van der Waals surface area contributed by atoms with Crippen molar-refractivity contribution in [2.24, 2.45) is 5.73 Å². The lowest BCUT2D eigenvalue weighted by atomic mass is 10.4. The third kappa shape index (κ3) is 6.12. The molecule has 2 N–H and O–H groups in total. The minimum Gasteiger partial charge on any atom is -0.376 e. The molecular formula is C8H17NO3. The van der Waals surface area contributed by atoms with Crippen LogP contribution < -0.4 is 5.73 Å². The van der Waals surface area contributed by atoms with Crippen molar-refractivity contribution in [2.45, 2.75) is 33.0 Å².